The lowest BCUT2D eigenvalue weighted by Gasteiger charge is -2.40. The smallest absolute Gasteiger partial charge is 0.315 e. The summed E-state index contributed by atoms with van der Waals surface area (Å²) in [5.41, 5.74) is -1.84. The van der Waals surface area contributed by atoms with Crippen molar-refractivity contribution in [2.45, 2.75) is 38.9 Å². The molecule has 0 aliphatic heterocycles. The molecule has 124 valence electrons. The maximum atomic E-state index is 11.8. The Hall–Kier alpha value is -1.22. The Bertz CT molecular complexity index is 316. The van der Waals surface area contributed by atoms with Gasteiger partial charge in [0, 0.05) is 19.6 Å². The molecule has 0 aromatic heterocycles. The molecule has 0 aliphatic rings. The molecule has 0 amide bonds. The summed E-state index contributed by atoms with van der Waals surface area (Å²) in [6.07, 6.45) is -3.13. The van der Waals surface area contributed by atoms with Gasteiger partial charge in [-0.25, -0.2) is 0 Å². The second kappa shape index (κ2) is 9.67. The molecule has 0 saturated carbocycles. The Morgan fingerprint density at radius 1 is 1.00 bits per heavy atom. The highest BCUT2D eigenvalue weighted by Crippen LogP contribution is 2.37. The van der Waals surface area contributed by atoms with E-state index in [1.165, 1.54) is 0 Å². The first kappa shape index (κ1) is 19.8. The van der Waals surface area contributed by atoms with Gasteiger partial charge in [-0.15, -0.1) is 0 Å². The normalized spacial score (nSPS) is 17.0. The van der Waals surface area contributed by atoms with E-state index in [1.54, 1.807) is 13.8 Å². The van der Waals surface area contributed by atoms with Gasteiger partial charge >= 0.3 is 11.9 Å². The van der Waals surface area contributed by atoms with Crippen molar-refractivity contribution in [2.75, 3.05) is 26.4 Å². The van der Waals surface area contributed by atoms with Crippen LogP contribution < -0.4 is 0 Å². The summed E-state index contributed by atoms with van der Waals surface area (Å²) in [7, 11) is 0. The number of aliphatic hydroxyl groups excluding tert-OH is 2. The number of aliphatic carboxylic acids is 2. The summed E-state index contributed by atoms with van der Waals surface area (Å²) in [6, 6.07) is 0. The summed E-state index contributed by atoms with van der Waals surface area (Å²) >= 11 is 0. The van der Waals surface area contributed by atoms with Gasteiger partial charge in [0.05, 0.1) is 25.4 Å². The van der Waals surface area contributed by atoms with Gasteiger partial charge in [0.15, 0.2) is 0 Å². The lowest BCUT2D eigenvalue weighted by molar-refractivity contribution is -0.191. The number of carbonyl (C=O) groups is 2. The molecule has 0 aromatic rings. The topological polar surface area (TPSA) is 134 Å². The van der Waals surface area contributed by atoms with Crippen molar-refractivity contribution in [2.24, 2.45) is 5.41 Å². The van der Waals surface area contributed by atoms with Crippen molar-refractivity contribution in [1.29, 1.82) is 0 Å². The quantitative estimate of drug-likeness (QED) is 0.387. The van der Waals surface area contributed by atoms with Gasteiger partial charge in [0.25, 0.3) is 0 Å². The number of carboxylic acids is 2. The zero-order valence-electron chi connectivity index (χ0n) is 12.3. The van der Waals surface area contributed by atoms with Crippen molar-refractivity contribution in [3.8, 4) is 0 Å². The molecule has 21 heavy (non-hydrogen) atoms. The second-order valence-corrected chi connectivity index (χ2v) is 4.49. The first-order valence-corrected chi connectivity index (χ1v) is 6.80. The molecule has 8 nitrogen and oxygen atoms in total. The third kappa shape index (κ3) is 4.92. The highest BCUT2D eigenvalue weighted by molar-refractivity contribution is 5.78. The summed E-state index contributed by atoms with van der Waals surface area (Å²) in [5.74, 6) is -2.55. The van der Waals surface area contributed by atoms with Gasteiger partial charge in [-0.1, -0.05) is 0 Å². The molecule has 0 bridgehead atoms. The van der Waals surface area contributed by atoms with Crippen LogP contribution in [0.25, 0.3) is 0 Å². The van der Waals surface area contributed by atoms with E-state index in [0.29, 0.717) is 0 Å². The fraction of sp³-hybridized carbons (Fsp3) is 0.846. The van der Waals surface area contributed by atoms with Gasteiger partial charge in [-0.05, 0) is 20.3 Å². The molecular weight excluding hydrogens is 284 g/mol. The van der Waals surface area contributed by atoms with Crippen molar-refractivity contribution >= 4 is 11.9 Å². The number of carboxylic acid groups (broad SMARTS) is 2. The van der Waals surface area contributed by atoms with Crippen LogP contribution in [0.15, 0.2) is 0 Å². The molecule has 8 heteroatoms. The molecule has 0 radical (unpaired) electrons. The number of aliphatic hydroxyl groups is 2. The van der Waals surface area contributed by atoms with E-state index in [9.17, 15) is 24.9 Å². The zero-order chi connectivity index (χ0) is 16.5. The van der Waals surface area contributed by atoms with E-state index >= 15 is 0 Å². The summed E-state index contributed by atoms with van der Waals surface area (Å²) in [4.78, 5) is 22.6. The Labute approximate surface area is 123 Å². The first-order valence-electron chi connectivity index (χ1n) is 6.80. The average Bonchev–Trinajstić information content (AvgIpc) is 2.44. The van der Waals surface area contributed by atoms with E-state index in [2.05, 4.69) is 0 Å². The molecule has 4 N–H and O–H groups in total. The maximum Gasteiger partial charge on any atom is 0.315 e. The third-order valence-corrected chi connectivity index (χ3v) is 3.37. The minimum atomic E-state index is -1.84. The largest absolute Gasteiger partial charge is 0.481 e. The third-order valence-electron chi connectivity index (χ3n) is 3.37. The highest BCUT2D eigenvalue weighted by Gasteiger charge is 2.53. The average molecular weight is 308 g/mol. The van der Waals surface area contributed by atoms with Gasteiger partial charge in [-0.3, -0.25) is 9.59 Å². The number of ether oxygens (including phenoxy) is 2. The Balaban J connectivity index is 5.69. The Morgan fingerprint density at radius 2 is 1.43 bits per heavy atom. The fourth-order valence-electron chi connectivity index (χ4n) is 2.36. The Morgan fingerprint density at radius 3 is 1.67 bits per heavy atom. The number of hydrogen-bond acceptors (Lipinski definition) is 6. The van der Waals surface area contributed by atoms with E-state index in [-0.39, 0.29) is 19.6 Å². The van der Waals surface area contributed by atoms with Crippen LogP contribution in [-0.2, 0) is 19.1 Å². The maximum absolute atomic E-state index is 11.8. The summed E-state index contributed by atoms with van der Waals surface area (Å²) in [6.45, 7) is 2.28. The molecule has 2 unspecified atom stereocenters. The molecule has 2 atom stereocenters. The van der Waals surface area contributed by atoms with Crippen LogP contribution in [0.1, 0.15) is 26.7 Å². The summed E-state index contributed by atoms with van der Waals surface area (Å²) in [5, 5.41) is 37.3. The van der Waals surface area contributed by atoms with Crippen LogP contribution in [0.3, 0.4) is 0 Å². The van der Waals surface area contributed by atoms with E-state index < -0.39 is 49.2 Å². The van der Waals surface area contributed by atoms with Crippen LogP contribution in [0, 0.1) is 5.41 Å². The monoisotopic (exact) mass is 308 g/mol. The standard InChI is InChI=1S/C13H24O8/c1-3-20-9(7-14)13(12(18)19,6-5-11(16)17)10(8-15)21-4-2/h9-10,14-15H,3-8H2,1-2H3,(H,16,17)(H,18,19). The fourth-order valence-corrected chi connectivity index (χ4v) is 2.36. The van der Waals surface area contributed by atoms with E-state index in [1.807, 2.05) is 0 Å². The lowest BCUT2D eigenvalue weighted by Crippen LogP contribution is -2.56. The second-order valence-electron chi connectivity index (χ2n) is 4.49. The van der Waals surface area contributed by atoms with Crippen LogP contribution >= 0.6 is 0 Å². The van der Waals surface area contributed by atoms with Crippen molar-refractivity contribution in [3.05, 3.63) is 0 Å². The number of hydrogen-bond donors (Lipinski definition) is 4. The van der Waals surface area contributed by atoms with Gasteiger partial charge < -0.3 is 29.9 Å². The highest BCUT2D eigenvalue weighted by atomic mass is 16.5. The molecule has 0 saturated heterocycles. The molecule has 0 heterocycles. The Kier molecular flexibility index (Phi) is 9.11. The molecule has 0 spiro atoms. The van der Waals surface area contributed by atoms with Crippen LogP contribution in [0.2, 0.25) is 0 Å². The van der Waals surface area contributed by atoms with Gasteiger partial charge in [0.2, 0.25) is 0 Å². The van der Waals surface area contributed by atoms with Crippen molar-refractivity contribution in [1.82, 2.24) is 0 Å². The molecule has 0 aromatic carbocycles. The van der Waals surface area contributed by atoms with Crippen LogP contribution in [-0.4, -0.2) is 71.0 Å². The van der Waals surface area contributed by atoms with E-state index in [4.69, 9.17) is 14.6 Å². The van der Waals surface area contributed by atoms with Crippen molar-refractivity contribution < 1.29 is 39.5 Å². The summed E-state index contributed by atoms with van der Waals surface area (Å²) < 4.78 is 10.5. The predicted octanol–water partition coefficient (Wildman–Crippen LogP) is -0.283. The predicted molar refractivity (Wildman–Crippen MR) is 71.9 cm³/mol. The minimum Gasteiger partial charge on any atom is -0.481 e. The first-order chi connectivity index (χ1) is 9.90. The molecule has 0 fully saturated rings. The minimum absolute atomic E-state index is 0.137. The lowest BCUT2D eigenvalue weighted by atomic mass is 9.73. The molecule has 0 rings (SSSR count). The zero-order valence-corrected chi connectivity index (χ0v) is 12.3. The van der Waals surface area contributed by atoms with Crippen LogP contribution in [0.4, 0.5) is 0 Å². The van der Waals surface area contributed by atoms with E-state index in [0.717, 1.165) is 0 Å². The molecular formula is C13H24O8. The number of rotatable bonds is 12. The molecule has 0 aliphatic carbocycles. The van der Waals surface area contributed by atoms with Crippen LogP contribution in [0.5, 0.6) is 0 Å². The SMILES string of the molecule is CCOC(CO)C(CCC(=O)O)(C(=O)O)C(CO)OCC. The van der Waals surface area contributed by atoms with Gasteiger partial charge in [0.1, 0.15) is 5.41 Å². The van der Waals surface area contributed by atoms with Gasteiger partial charge in [-0.2, -0.15) is 0 Å². The van der Waals surface area contributed by atoms with Crippen molar-refractivity contribution in [3.63, 3.8) is 0 Å².